The number of hydrogen-bond donors (Lipinski definition) is 0. The number of hydrazone groups is 1. The van der Waals surface area contributed by atoms with Gasteiger partial charge in [0, 0.05) is 44.4 Å². The van der Waals surface area contributed by atoms with Gasteiger partial charge in [0.1, 0.15) is 0 Å². The number of fused-ring (bicyclic) bond motifs is 1. The Hall–Kier alpha value is -1.81. The summed E-state index contributed by atoms with van der Waals surface area (Å²) in [6.45, 7) is 6.99. The summed E-state index contributed by atoms with van der Waals surface area (Å²) in [6, 6.07) is 10.6. The van der Waals surface area contributed by atoms with Crippen molar-refractivity contribution in [3.63, 3.8) is 0 Å². The number of hydrogen-bond acceptors (Lipinski definition) is 4. The van der Waals surface area contributed by atoms with Crippen LogP contribution in [-0.4, -0.2) is 55.5 Å². The van der Waals surface area contributed by atoms with E-state index >= 15 is 0 Å². The van der Waals surface area contributed by atoms with Crippen LogP contribution in [-0.2, 0) is 11.2 Å². The fourth-order valence-corrected chi connectivity index (χ4v) is 3.18. The summed E-state index contributed by atoms with van der Waals surface area (Å²) in [4.78, 5) is 2.43. The predicted octanol–water partition coefficient (Wildman–Crippen LogP) is 2.53. The standard InChI is InChI=1S/C18H25N3O/c1-15-17-14-21(11-8-16-6-4-3-5-7-16)19-18(17)9-10-20(15)12-13-22-2/h3-7H,8-14H2,1-2H3. The van der Waals surface area contributed by atoms with Gasteiger partial charge in [-0.15, -0.1) is 0 Å². The lowest BCUT2D eigenvalue weighted by molar-refractivity contribution is 0.164. The molecular formula is C18H25N3O. The fraction of sp³-hybridized carbons (Fsp3) is 0.500. The molecule has 0 aliphatic carbocycles. The second-order valence-electron chi connectivity index (χ2n) is 5.96. The highest BCUT2D eigenvalue weighted by molar-refractivity contribution is 6.03. The van der Waals surface area contributed by atoms with E-state index in [4.69, 9.17) is 9.84 Å². The number of nitrogens with zero attached hydrogens (tertiary/aromatic N) is 3. The maximum Gasteiger partial charge on any atom is 0.0690 e. The Morgan fingerprint density at radius 3 is 2.77 bits per heavy atom. The summed E-state index contributed by atoms with van der Waals surface area (Å²) in [5.74, 6) is 0. The van der Waals surface area contributed by atoms with E-state index in [1.165, 1.54) is 22.5 Å². The molecule has 2 aliphatic heterocycles. The first-order chi connectivity index (χ1) is 10.8. The van der Waals surface area contributed by atoms with E-state index < -0.39 is 0 Å². The van der Waals surface area contributed by atoms with Gasteiger partial charge in [0.2, 0.25) is 0 Å². The quantitative estimate of drug-likeness (QED) is 0.808. The van der Waals surface area contributed by atoms with Crippen molar-refractivity contribution in [2.24, 2.45) is 5.10 Å². The van der Waals surface area contributed by atoms with Crippen LogP contribution in [0.25, 0.3) is 0 Å². The molecule has 2 heterocycles. The van der Waals surface area contributed by atoms with Crippen LogP contribution in [0, 0.1) is 0 Å². The van der Waals surface area contributed by atoms with E-state index in [-0.39, 0.29) is 0 Å². The van der Waals surface area contributed by atoms with Crippen LogP contribution >= 0.6 is 0 Å². The Labute approximate surface area is 133 Å². The molecule has 118 valence electrons. The Morgan fingerprint density at radius 2 is 2.00 bits per heavy atom. The lowest BCUT2D eigenvalue weighted by Crippen LogP contribution is -2.34. The van der Waals surface area contributed by atoms with Crippen molar-refractivity contribution < 1.29 is 4.74 Å². The van der Waals surface area contributed by atoms with Crippen LogP contribution in [0.5, 0.6) is 0 Å². The molecular weight excluding hydrogens is 274 g/mol. The monoisotopic (exact) mass is 299 g/mol. The van der Waals surface area contributed by atoms with Gasteiger partial charge >= 0.3 is 0 Å². The minimum atomic E-state index is 0.787. The lowest BCUT2D eigenvalue weighted by Gasteiger charge is -2.30. The molecule has 3 rings (SSSR count). The Kier molecular flexibility index (Phi) is 4.78. The summed E-state index contributed by atoms with van der Waals surface area (Å²) < 4.78 is 5.21. The smallest absolute Gasteiger partial charge is 0.0690 e. The number of methoxy groups -OCH3 is 1. The third-order valence-electron chi connectivity index (χ3n) is 4.55. The molecule has 0 unspecified atom stereocenters. The largest absolute Gasteiger partial charge is 0.383 e. The molecule has 2 aliphatic rings. The summed E-state index contributed by atoms with van der Waals surface area (Å²) in [6.07, 6.45) is 2.11. The van der Waals surface area contributed by atoms with Crippen LogP contribution in [0.1, 0.15) is 18.9 Å². The number of benzene rings is 1. The highest BCUT2D eigenvalue weighted by Crippen LogP contribution is 2.26. The van der Waals surface area contributed by atoms with E-state index in [0.29, 0.717) is 0 Å². The summed E-state index contributed by atoms with van der Waals surface area (Å²) in [7, 11) is 1.76. The maximum absolute atomic E-state index is 5.21. The van der Waals surface area contributed by atoms with E-state index in [1.807, 2.05) is 0 Å². The molecule has 0 N–H and O–H groups in total. The Morgan fingerprint density at radius 1 is 1.18 bits per heavy atom. The average Bonchev–Trinajstić information content (AvgIpc) is 2.97. The first-order valence-corrected chi connectivity index (χ1v) is 8.08. The zero-order chi connectivity index (χ0) is 15.4. The fourth-order valence-electron chi connectivity index (χ4n) is 3.18. The first-order valence-electron chi connectivity index (χ1n) is 8.08. The van der Waals surface area contributed by atoms with Gasteiger partial charge in [-0.1, -0.05) is 30.3 Å². The zero-order valence-corrected chi connectivity index (χ0v) is 13.6. The molecule has 22 heavy (non-hydrogen) atoms. The van der Waals surface area contributed by atoms with Crippen molar-refractivity contribution in [1.29, 1.82) is 0 Å². The van der Waals surface area contributed by atoms with Gasteiger partial charge in [0.15, 0.2) is 0 Å². The van der Waals surface area contributed by atoms with E-state index in [9.17, 15) is 0 Å². The number of rotatable bonds is 6. The Balaban J connectivity index is 1.61. The number of allylic oxidation sites excluding steroid dienone is 1. The molecule has 4 heteroatoms. The first kappa shape index (κ1) is 15.1. The maximum atomic E-state index is 5.21. The van der Waals surface area contributed by atoms with E-state index in [1.54, 1.807) is 7.11 Å². The van der Waals surface area contributed by atoms with E-state index in [2.05, 4.69) is 47.2 Å². The third kappa shape index (κ3) is 3.33. The van der Waals surface area contributed by atoms with Gasteiger partial charge in [-0.3, -0.25) is 5.01 Å². The molecule has 0 radical (unpaired) electrons. The van der Waals surface area contributed by atoms with Crippen molar-refractivity contribution in [3.8, 4) is 0 Å². The molecule has 0 saturated heterocycles. The average molecular weight is 299 g/mol. The summed E-state index contributed by atoms with van der Waals surface area (Å²) in [5, 5.41) is 7.05. The second kappa shape index (κ2) is 6.97. The van der Waals surface area contributed by atoms with Gasteiger partial charge in [0.05, 0.1) is 18.9 Å². The zero-order valence-electron chi connectivity index (χ0n) is 13.6. The van der Waals surface area contributed by atoms with Crippen LogP contribution in [0.2, 0.25) is 0 Å². The van der Waals surface area contributed by atoms with Crippen molar-refractivity contribution in [3.05, 3.63) is 47.2 Å². The molecule has 0 amide bonds. The second-order valence-corrected chi connectivity index (χ2v) is 5.96. The Bertz CT molecular complexity index is 565. The van der Waals surface area contributed by atoms with Crippen LogP contribution in [0.3, 0.4) is 0 Å². The minimum Gasteiger partial charge on any atom is -0.383 e. The molecule has 0 bridgehead atoms. The van der Waals surface area contributed by atoms with Crippen molar-refractivity contribution in [1.82, 2.24) is 9.91 Å². The number of ether oxygens (including phenoxy) is 1. The normalized spacial score (nSPS) is 17.8. The summed E-state index contributed by atoms with van der Waals surface area (Å²) >= 11 is 0. The molecule has 0 fully saturated rings. The predicted molar refractivity (Wildman–Crippen MR) is 89.9 cm³/mol. The van der Waals surface area contributed by atoms with Gasteiger partial charge in [-0.2, -0.15) is 5.10 Å². The van der Waals surface area contributed by atoms with Crippen LogP contribution < -0.4 is 0 Å². The van der Waals surface area contributed by atoms with Gasteiger partial charge in [-0.25, -0.2) is 0 Å². The van der Waals surface area contributed by atoms with Crippen molar-refractivity contribution >= 4 is 5.71 Å². The molecule has 0 spiro atoms. The molecule has 1 aromatic carbocycles. The van der Waals surface area contributed by atoms with Gasteiger partial charge < -0.3 is 9.64 Å². The highest BCUT2D eigenvalue weighted by Gasteiger charge is 2.28. The molecule has 1 aromatic rings. The van der Waals surface area contributed by atoms with Gasteiger partial charge in [-0.05, 0) is 18.9 Å². The lowest BCUT2D eigenvalue weighted by atomic mass is 10.0. The van der Waals surface area contributed by atoms with Crippen LogP contribution in [0.15, 0.2) is 46.7 Å². The van der Waals surface area contributed by atoms with Crippen molar-refractivity contribution in [2.45, 2.75) is 19.8 Å². The molecule has 0 atom stereocenters. The minimum absolute atomic E-state index is 0.787. The third-order valence-corrected chi connectivity index (χ3v) is 4.55. The molecule has 0 aromatic heterocycles. The highest BCUT2D eigenvalue weighted by atomic mass is 16.5. The molecule has 0 saturated carbocycles. The summed E-state index contributed by atoms with van der Waals surface area (Å²) in [5.41, 5.74) is 5.48. The SMILES string of the molecule is COCCN1CCC2=NN(CCc3ccccc3)CC2=C1C. The molecule has 4 nitrogen and oxygen atoms in total. The van der Waals surface area contributed by atoms with Gasteiger partial charge in [0.25, 0.3) is 0 Å². The topological polar surface area (TPSA) is 28.1 Å². The van der Waals surface area contributed by atoms with Crippen molar-refractivity contribution in [2.75, 3.05) is 39.9 Å². The van der Waals surface area contributed by atoms with Crippen LogP contribution in [0.4, 0.5) is 0 Å². The van der Waals surface area contributed by atoms with E-state index in [0.717, 1.165) is 45.6 Å².